The lowest BCUT2D eigenvalue weighted by Gasteiger charge is -2.32. The van der Waals surface area contributed by atoms with Gasteiger partial charge in [0, 0.05) is 6.32 Å². The van der Waals surface area contributed by atoms with Crippen LogP contribution in [-0.4, -0.2) is 44.5 Å². The summed E-state index contributed by atoms with van der Waals surface area (Å²) in [5.41, 5.74) is -0.738. The van der Waals surface area contributed by atoms with Crippen LogP contribution in [-0.2, 0) is 28.4 Å². The molecule has 1 heterocycles. The van der Waals surface area contributed by atoms with Crippen molar-refractivity contribution in [2.45, 2.75) is 51.6 Å². The Morgan fingerprint density at radius 3 is 1.86 bits per heavy atom. The Hall–Kier alpha value is -1.34. The fraction of sp³-hybridized carbons (Fsp3) is 0.733. The van der Waals surface area contributed by atoms with Crippen LogP contribution in [0.25, 0.3) is 0 Å². The lowest BCUT2D eigenvalue weighted by atomic mass is 9.84. The van der Waals surface area contributed by atoms with Gasteiger partial charge in [-0.3, -0.25) is 9.59 Å². The highest BCUT2D eigenvalue weighted by Crippen LogP contribution is 2.37. The van der Waals surface area contributed by atoms with Crippen molar-refractivity contribution in [2.24, 2.45) is 5.92 Å². The molecule has 0 aromatic carbocycles. The highest BCUT2D eigenvalue weighted by molar-refractivity contribution is 6.46. The minimum Gasteiger partial charge on any atom is -0.468 e. The van der Waals surface area contributed by atoms with Crippen LogP contribution < -0.4 is 0 Å². The van der Waals surface area contributed by atoms with Gasteiger partial charge >= 0.3 is 19.1 Å². The monoisotopic (exact) mass is 312 g/mol. The summed E-state index contributed by atoms with van der Waals surface area (Å²) in [6, 6.07) is 0. The molecule has 1 aliphatic rings. The van der Waals surface area contributed by atoms with Crippen LogP contribution in [0.2, 0.25) is 6.32 Å². The molecular weight excluding hydrogens is 287 g/mol. The van der Waals surface area contributed by atoms with Crippen molar-refractivity contribution in [1.29, 1.82) is 0 Å². The van der Waals surface area contributed by atoms with E-state index in [1.165, 1.54) is 14.2 Å². The lowest BCUT2D eigenvalue weighted by Crippen LogP contribution is -2.41. The molecule has 0 bridgehead atoms. The number of allylic oxidation sites excluding steroid dienone is 2. The topological polar surface area (TPSA) is 71.1 Å². The van der Waals surface area contributed by atoms with Gasteiger partial charge in [-0.15, -0.1) is 0 Å². The number of ether oxygens (including phenoxy) is 2. The predicted octanol–water partition coefficient (Wildman–Crippen LogP) is 1.99. The third kappa shape index (κ3) is 4.33. The molecule has 0 amide bonds. The van der Waals surface area contributed by atoms with Crippen LogP contribution >= 0.6 is 0 Å². The highest BCUT2D eigenvalue weighted by Gasteiger charge is 2.50. The van der Waals surface area contributed by atoms with Gasteiger partial charge in [0.1, 0.15) is 0 Å². The Kier molecular flexibility index (Phi) is 6.20. The molecule has 0 aromatic rings. The van der Waals surface area contributed by atoms with Crippen LogP contribution in [0.15, 0.2) is 12.2 Å². The summed E-state index contributed by atoms with van der Waals surface area (Å²) in [6.45, 7) is 7.95. The zero-order chi connectivity index (χ0) is 17.0. The van der Waals surface area contributed by atoms with Gasteiger partial charge in [-0.05, 0) is 34.1 Å². The Morgan fingerprint density at radius 1 is 1.00 bits per heavy atom. The van der Waals surface area contributed by atoms with Crippen LogP contribution in [0.5, 0.6) is 0 Å². The van der Waals surface area contributed by atoms with Gasteiger partial charge in [0.2, 0.25) is 0 Å². The van der Waals surface area contributed by atoms with Crippen molar-refractivity contribution < 1.29 is 28.4 Å². The smallest absolute Gasteiger partial charge is 0.461 e. The number of carbonyl (C=O) groups is 2. The average molecular weight is 312 g/mol. The molecular formula is C15H25BO6. The molecule has 1 aliphatic heterocycles. The van der Waals surface area contributed by atoms with Gasteiger partial charge in [-0.1, -0.05) is 12.2 Å². The minimum atomic E-state index is -0.940. The van der Waals surface area contributed by atoms with Crippen LogP contribution in [0.3, 0.4) is 0 Å². The summed E-state index contributed by atoms with van der Waals surface area (Å²) in [5, 5.41) is 0. The zero-order valence-corrected chi connectivity index (χ0v) is 14.2. The Bertz CT molecular complexity index is 411. The van der Waals surface area contributed by atoms with E-state index in [1.807, 2.05) is 33.8 Å². The molecule has 1 rings (SSSR count). The molecule has 0 aliphatic carbocycles. The average Bonchev–Trinajstić information content (AvgIpc) is 2.65. The Balaban J connectivity index is 2.53. The third-order valence-corrected chi connectivity index (χ3v) is 4.14. The van der Waals surface area contributed by atoms with E-state index in [2.05, 4.69) is 9.47 Å². The van der Waals surface area contributed by atoms with Gasteiger partial charge < -0.3 is 18.8 Å². The quantitative estimate of drug-likeness (QED) is 0.323. The molecule has 1 saturated heterocycles. The molecule has 0 unspecified atom stereocenters. The zero-order valence-electron chi connectivity index (χ0n) is 14.2. The molecule has 124 valence electrons. The molecule has 7 heteroatoms. The summed E-state index contributed by atoms with van der Waals surface area (Å²) in [6.07, 6.45) is 4.34. The summed E-state index contributed by atoms with van der Waals surface area (Å²) >= 11 is 0. The van der Waals surface area contributed by atoms with E-state index in [9.17, 15) is 9.59 Å². The summed E-state index contributed by atoms with van der Waals surface area (Å²) < 4.78 is 20.9. The maximum absolute atomic E-state index is 11.5. The first-order chi connectivity index (χ1) is 10.1. The molecule has 0 N–H and O–H groups in total. The van der Waals surface area contributed by atoms with Crippen molar-refractivity contribution in [2.75, 3.05) is 14.2 Å². The van der Waals surface area contributed by atoms with Crippen molar-refractivity contribution >= 4 is 19.1 Å². The fourth-order valence-electron chi connectivity index (χ4n) is 2.07. The van der Waals surface area contributed by atoms with E-state index in [0.29, 0.717) is 6.32 Å². The van der Waals surface area contributed by atoms with E-state index in [1.54, 1.807) is 6.08 Å². The SMILES string of the molecule is COC(=O)C(C/C=C/CB1OC(C)(C)C(C)(C)O1)C(=O)OC. The van der Waals surface area contributed by atoms with Crippen molar-refractivity contribution in [3.63, 3.8) is 0 Å². The van der Waals surface area contributed by atoms with Crippen LogP contribution in [0, 0.1) is 5.92 Å². The molecule has 6 nitrogen and oxygen atoms in total. The highest BCUT2D eigenvalue weighted by atomic mass is 16.7. The first-order valence-corrected chi connectivity index (χ1v) is 7.31. The second-order valence-electron chi connectivity index (χ2n) is 6.23. The molecule has 0 saturated carbocycles. The summed E-state index contributed by atoms with van der Waals surface area (Å²) in [7, 11) is 2.15. The van der Waals surface area contributed by atoms with Crippen molar-refractivity contribution in [1.82, 2.24) is 0 Å². The van der Waals surface area contributed by atoms with Crippen molar-refractivity contribution in [3.8, 4) is 0 Å². The minimum absolute atomic E-state index is 0.221. The molecule has 0 radical (unpaired) electrons. The molecule has 0 aromatic heterocycles. The summed E-state index contributed by atoms with van der Waals surface area (Å²) in [5.74, 6) is -2.15. The maximum Gasteiger partial charge on any atom is 0.461 e. The van der Waals surface area contributed by atoms with E-state index in [4.69, 9.17) is 9.31 Å². The number of rotatable bonds is 6. The largest absolute Gasteiger partial charge is 0.468 e. The standard InChI is InChI=1S/C15H25BO6/c1-14(2)15(3,4)22-16(21-14)10-8-7-9-11(12(17)19-5)13(18)20-6/h7-8,11H,9-10H2,1-6H3/b8-7+. The van der Waals surface area contributed by atoms with Gasteiger partial charge in [0.15, 0.2) is 5.92 Å². The molecule has 22 heavy (non-hydrogen) atoms. The normalized spacial score (nSPS) is 19.7. The third-order valence-electron chi connectivity index (χ3n) is 4.14. The number of hydrogen-bond acceptors (Lipinski definition) is 6. The van der Waals surface area contributed by atoms with Crippen LogP contribution in [0.1, 0.15) is 34.1 Å². The predicted molar refractivity (Wildman–Crippen MR) is 82.2 cm³/mol. The number of esters is 2. The van der Waals surface area contributed by atoms with E-state index in [0.717, 1.165) is 0 Å². The van der Waals surface area contributed by atoms with Crippen LogP contribution in [0.4, 0.5) is 0 Å². The first-order valence-electron chi connectivity index (χ1n) is 7.31. The van der Waals surface area contributed by atoms with Gasteiger partial charge in [-0.25, -0.2) is 0 Å². The number of carbonyl (C=O) groups excluding carboxylic acids is 2. The lowest BCUT2D eigenvalue weighted by molar-refractivity contribution is -0.158. The second kappa shape index (κ2) is 7.29. The van der Waals surface area contributed by atoms with E-state index in [-0.39, 0.29) is 24.7 Å². The second-order valence-corrected chi connectivity index (χ2v) is 6.23. The molecule has 0 atom stereocenters. The molecule has 0 spiro atoms. The Morgan fingerprint density at radius 2 is 1.45 bits per heavy atom. The fourth-order valence-corrected chi connectivity index (χ4v) is 2.07. The van der Waals surface area contributed by atoms with Gasteiger partial charge in [-0.2, -0.15) is 0 Å². The maximum atomic E-state index is 11.5. The van der Waals surface area contributed by atoms with E-state index >= 15 is 0 Å². The van der Waals surface area contributed by atoms with E-state index < -0.39 is 17.9 Å². The van der Waals surface area contributed by atoms with Crippen molar-refractivity contribution in [3.05, 3.63) is 12.2 Å². The molecule has 1 fully saturated rings. The Labute approximate surface area is 132 Å². The first kappa shape index (κ1) is 18.7. The van der Waals surface area contributed by atoms with Gasteiger partial charge in [0.25, 0.3) is 0 Å². The summed E-state index contributed by atoms with van der Waals surface area (Å²) in [4.78, 5) is 23.1. The number of methoxy groups -OCH3 is 2. The number of hydrogen-bond donors (Lipinski definition) is 0. The van der Waals surface area contributed by atoms with Gasteiger partial charge in [0.05, 0.1) is 25.4 Å².